The van der Waals surface area contributed by atoms with Crippen molar-refractivity contribution in [1.82, 2.24) is 0 Å². The predicted molar refractivity (Wildman–Crippen MR) is 73.7 cm³/mol. The summed E-state index contributed by atoms with van der Waals surface area (Å²) in [5, 5.41) is 0. The highest BCUT2D eigenvalue weighted by molar-refractivity contribution is 5.96. The van der Waals surface area contributed by atoms with Crippen molar-refractivity contribution in [1.29, 1.82) is 0 Å². The monoisotopic (exact) mass is 292 g/mol. The molecule has 0 aliphatic rings. The van der Waals surface area contributed by atoms with Crippen LogP contribution < -0.4 is 9.47 Å². The van der Waals surface area contributed by atoms with Gasteiger partial charge in [0.15, 0.2) is 17.3 Å². The molecule has 0 aliphatic carbocycles. The quantitative estimate of drug-likeness (QED) is 0.787. The summed E-state index contributed by atoms with van der Waals surface area (Å²) in [6, 6.07) is 8.07. The number of methoxy groups -OCH3 is 1. The molecular formula is C16H14F2O3. The van der Waals surface area contributed by atoms with E-state index in [1.807, 2.05) is 0 Å². The van der Waals surface area contributed by atoms with Gasteiger partial charge in [0, 0.05) is 6.07 Å². The van der Waals surface area contributed by atoms with Crippen molar-refractivity contribution >= 4 is 5.78 Å². The number of rotatable bonds is 5. The van der Waals surface area contributed by atoms with Gasteiger partial charge in [0.05, 0.1) is 12.7 Å². The van der Waals surface area contributed by atoms with Crippen LogP contribution in [0.4, 0.5) is 8.78 Å². The molecule has 5 heteroatoms. The zero-order valence-corrected chi connectivity index (χ0v) is 11.7. The smallest absolute Gasteiger partial charge is 0.165 e. The molecule has 0 unspecified atom stereocenters. The third kappa shape index (κ3) is 3.56. The molecule has 0 aliphatic heterocycles. The number of carbonyl (C=O) groups excluding carboxylic acids is 1. The van der Waals surface area contributed by atoms with Crippen LogP contribution in [0, 0.1) is 11.6 Å². The van der Waals surface area contributed by atoms with Crippen molar-refractivity contribution in [2.24, 2.45) is 0 Å². The largest absolute Gasteiger partial charge is 0.494 e. The second-order valence-corrected chi connectivity index (χ2v) is 4.45. The maximum Gasteiger partial charge on any atom is 0.165 e. The Morgan fingerprint density at radius 2 is 1.86 bits per heavy atom. The van der Waals surface area contributed by atoms with Crippen LogP contribution in [0.3, 0.4) is 0 Å². The van der Waals surface area contributed by atoms with Gasteiger partial charge >= 0.3 is 0 Å². The third-order valence-corrected chi connectivity index (χ3v) is 2.93. The number of benzene rings is 2. The molecule has 0 radical (unpaired) electrons. The van der Waals surface area contributed by atoms with Crippen molar-refractivity contribution in [2.45, 2.75) is 13.5 Å². The molecule has 0 spiro atoms. The number of ether oxygens (including phenoxy) is 2. The minimum Gasteiger partial charge on any atom is -0.494 e. The molecule has 0 heterocycles. The lowest BCUT2D eigenvalue weighted by atomic mass is 10.1. The van der Waals surface area contributed by atoms with Gasteiger partial charge in [-0.05, 0) is 36.8 Å². The van der Waals surface area contributed by atoms with Crippen molar-refractivity contribution < 1.29 is 23.0 Å². The van der Waals surface area contributed by atoms with Crippen molar-refractivity contribution in [3.05, 3.63) is 59.2 Å². The summed E-state index contributed by atoms with van der Waals surface area (Å²) < 4.78 is 37.0. The maximum absolute atomic E-state index is 13.6. The summed E-state index contributed by atoms with van der Waals surface area (Å²) in [5.41, 5.74) is 0.831. The van der Waals surface area contributed by atoms with E-state index in [-0.39, 0.29) is 29.5 Å². The van der Waals surface area contributed by atoms with Crippen LogP contribution in [0.2, 0.25) is 0 Å². The first kappa shape index (κ1) is 15.0. The second-order valence-electron chi connectivity index (χ2n) is 4.45. The van der Waals surface area contributed by atoms with E-state index in [2.05, 4.69) is 0 Å². The molecule has 0 fully saturated rings. The number of ketones is 1. The lowest BCUT2D eigenvalue weighted by Gasteiger charge is -2.11. The fourth-order valence-corrected chi connectivity index (χ4v) is 1.87. The Morgan fingerprint density at radius 3 is 2.48 bits per heavy atom. The van der Waals surface area contributed by atoms with Crippen molar-refractivity contribution in [2.75, 3.05) is 7.11 Å². The molecule has 0 amide bonds. The molecule has 2 rings (SSSR count). The topological polar surface area (TPSA) is 35.5 Å². The molecule has 3 nitrogen and oxygen atoms in total. The number of halogens is 2. The van der Waals surface area contributed by atoms with Gasteiger partial charge in [-0.1, -0.05) is 6.07 Å². The van der Waals surface area contributed by atoms with Gasteiger partial charge in [0.1, 0.15) is 18.2 Å². The fraction of sp³-hybridized carbons (Fsp3) is 0.188. The van der Waals surface area contributed by atoms with Gasteiger partial charge in [-0.25, -0.2) is 8.78 Å². The average molecular weight is 292 g/mol. The Balaban J connectivity index is 2.18. The summed E-state index contributed by atoms with van der Waals surface area (Å²) in [6.07, 6.45) is 0. The summed E-state index contributed by atoms with van der Waals surface area (Å²) in [4.78, 5) is 11.4. The van der Waals surface area contributed by atoms with Crippen LogP contribution in [0.15, 0.2) is 36.4 Å². The van der Waals surface area contributed by atoms with E-state index in [0.717, 1.165) is 6.07 Å². The minimum absolute atomic E-state index is 0.0185. The van der Waals surface area contributed by atoms with Crippen LogP contribution in [0.5, 0.6) is 11.5 Å². The zero-order chi connectivity index (χ0) is 15.4. The highest BCUT2D eigenvalue weighted by atomic mass is 19.1. The van der Waals surface area contributed by atoms with Crippen LogP contribution in [0.1, 0.15) is 22.8 Å². The lowest BCUT2D eigenvalue weighted by Crippen LogP contribution is -2.03. The summed E-state index contributed by atoms with van der Waals surface area (Å²) >= 11 is 0. The van der Waals surface area contributed by atoms with E-state index in [1.54, 1.807) is 6.07 Å². The van der Waals surface area contributed by atoms with Crippen LogP contribution in [-0.4, -0.2) is 12.9 Å². The average Bonchev–Trinajstić information content (AvgIpc) is 2.45. The van der Waals surface area contributed by atoms with Gasteiger partial charge in [-0.15, -0.1) is 0 Å². The Labute approximate surface area is 121 Å². The van der Waals surface area contributed by atoms with Crippen molar-refractivity contribution in [3.63, 3.8) is 0 Å². The maximum atomic E-state index is 13.6. The summed E-state index contributed by atoms with van der Waals surface area (Å²) in [6.45, 7) is 1.39. The Hall–Kier alpha value is -2.43. The molecule has 0 saturated carbocycles. The van der Waals surface area contributed by atoms with E-state index in [1.165, 1.54) is 38.3 Å². The SMILES string of the molecule is COc1ccc(COc2cc(F)ccc2C(C)=O)cc1F. The van der Waals surface area contributed by atoms with Crippen LogP contribution in [-0.2, 0) is 6.61 Å². The number of Topliss-reactive ketones (excluding diaryl/α,β-unsaturated/α-hetero) is 1. The Kier molecular flexibility index (Phi) is 4.52. The molecule has 21 heavy (non-hydrogen) atoms. The molecule has 2 aromatic carbocycles. The molecule has 0 saturated heterocycles. The lowest BCUT2D eigenvalue weighted by molar-refractivity contribution is 0.101. The molecule has 0 aromatic heterocycles. The zero-order valence-electron chi connectivity index (χ0n) is 11.7. The Bertz CT molecular complexity index is 669. The van der Waals surface area contributed by atoms with E-state index >= 15 is 0 Å². The molecule has 2 aromatic rings. The molecular weight excluding hydrogens is 278 g/mol. The summed E-state index contributed by atoms with van der Waals surface area (Å²) in [5.74, 6) is -0.973. The standard InChI is InChI=1S/C16H14F2O3/c1-10(19)13-5-4-12(17)8-16(13)21-9-11-3-6-15(20-2)14(18)7-11/h3-8H,9H2,1-2H3. The highest BCUT2D eigenvalue weighted by Crippen LogP contribution is 2.23. The van der Waals surface area contributed by atoms with Gasteiger partial charge in [0.2, 0.25) is 0 Å². The number of hydrogen-bond acceptors (Lipinski definition) is 3. The van der Waals surface area contributed by atoms with Gasteiger partial charge in [-0.3, -0.25) is 4.79 Å². The normalized spacial score (nSPS) is 10.3. The minimum atomic E-state index is -0.510. The number of carbonyl (C=O) groups is 1. The van der Waals surface area contributed by atoms with E-state index in [0.29, 0.717) is 5.56 Å². The predicted octanol–water partition coefficient (Wildman–Crippen LogP) is 3.76. The first-order chi connectivity index (χ1) is 10.0. The van der Waals surface area contributed by atoms with Crippen molar-refractivity contribution in [3.8, 4) is 11.5 Å². The highest BCUT2D eigenvalue weighted by Gasteiger charge is 2.11. The van der Waals surface area contributed by atoms with Gasteiger partial charge in [0.25, 0.3) is 0 Å². The first-order valence-corrected chi connectivity index (χ1v) is 6.27. The van der Waals surface area contributed by atoms with Gasteiger partial charge in [-0.2, -0.15) is 0 Å². The molecule has 110 valence electrons. The van der Waals surface area contributed by atoms with Gasteiger partial charge < -0.3 is 9.47 Å². The number of hydrogen-bond donors (Lipinski definition) is 0. The fourth-order valence-electron chi connectivity index (χ4n) is 1.87. The van der Waals surface area contributed by atoms with E-state index in [4.69, 9.17) is 9.47 Å². The molecule has 0 N–H and O–H groups in total. The van der Waals surface area contributed by atoms with E-state index < -0.39 is 11.6 Å². The summed E-state index contributed by atoms with van der Waals surface area (Å²) in [7, 11) is 1.38. The van der Waals surface area contributed by atoms with E-state index in [9.17, 15) is 13.6 Å². The first-order valence-electron chi connectivity index (χ1n) is 6.27. The Morgan fingerprint density at radius 1 is 1.10 bits per heavy atom. The van der Waals surface area contributed by atoms with Crippen LogP contribution >= 0.6 is 0 Å². The molecule has 0 atom stereocenters. The third-order valence-electron chi connectivity index (χ3n) is 2.93. The second kappa shape index (κ2) is 6.35. The molecule has 0 bridgehead atoms. The van der Waals surface area contributed by atoms with Crippen LogP contribution in [0.25, 0.3) is 0 Å².